The Morgan fingerprint density at radius 3 is 2.00 bits per heavy atom. The van der Waals surface area contributed by atoms with E-state index in [0.29, 0.717) is 44.1 Å². The minimum Gasteiger partial charge on any atom is -0.490 e. The third kappa shape index (κ3) is 8.65. The highest BCUT2D eigenvalue weighted by Crippen LogP contribution is 2.29. The number of carbonyl (C=O) groups excluding carboxylic acids is 2. The van der Waals surface area contributed by atoms with Crippen LogP contribution in [0.15, 0.2) is 78.9 Å². The van der Waals surface area contributed by atoms with Crippen molar-refractivity contribution in [3.05, 3.63) is 95.6 Å². The van der Waals surface area contributed by atoms with Crippen LogP contribution in [0.5, 0.6) is 11.5 Å². The van der Waals surface area contributed by atoms with Crippen molar-refractivity contribution in [1.82, 2.24) is 10.2 Å². The highest BCUT2D eigenvalue weighted by Gasteiger charge is 2.30. The number of rotatable bonds is 14. The Labute approximate surface area is 227 Å². The van der Waals surface area contributed by atoms with E-state index in [9.17, 15) is 9.59 Å². The number of nitrogens with zero attached hydrogens (tertiary/aromatic N) is 1. The summed E-state index contributed by atoms with van der Waals surface area (Å²) in [7, 11) is 0. The van der Waals surface area contributed by atoms with Gasteiger partial charge >= 0.3 is 0 Å². The summed E-state index contributed by atoms with van der Waals surface area (Å²) in [5.41, 5.74) is 2.97. The van der Waals surface area contributed by atoms with Gasteiger partial charge in [-0.1, -0.05) is 66.7 Å². The van der Waals surface area contributed by atoms with Gasteiger partial charge in [0.15, 0.2) is 11.5 Å². The van der Waals surface area contributed by atoms with E-state index >= 15 is 0 Å². The van der Waals surface area contributed by atoms with Gasteiger partial charge in [-0.15, -0.1) is 0 Å². The van der Waals surface area contributed by atoms with Crippen molar-refractivity contribution in [2.75, 3.05) is 13.2 Å². The second-order valence-corrected chi connectivity index (χ2v) is 9.52. The summed E-state index contributed by atoms with van der Waals surface area (Å²) in [6, 6.07) is 24.8. The van der Waals surface area contributed by atoms with Gasteiger partial charge in [-0.3, -0.25) is 9.59 Å². The molecule has 0 heterocycles. The molecule has 3 aromatic carbocycles. The van der Waals surface area contributed by atoms with Crippen LogP contribution in [0.2, 0.25) is 0 Å². The van der Waals surface area contributed by atoms with Crippen molar-refractivity contribution < 1.29 is 19.1 Å². The first-order chi connectivity index (χ1) is 18.4. The smallest absolute Gasteiger partial charge is 0.243 e. The van der Waals surface area contributed by atoms with Crippen LogP contribution < -0.4 is 14.8 Å². The van der Waals surface area contributed by atoms with Crippen LogP contribution >= 0.6 is 0 Å². The fraction of sp³-hybridized carbons (Fsp3) is 0.375. The number of hydrogen-bond donors (Lipinski definition) is 1. The van der Waals surface area contributed by atoms with Crippen molar-refractivity contribution in [2.24, 2.45) is 0 Å². The molecule has 38 heavy (non-hydrogen) atoms. The zero-order valence-corrected chi connectivity index (χ0v) is 23.0. The van der Waals surface area contributed by atoms with E-state index in [0.717, 1.165) is 16.7 Å². The summed E-state index contributed by atoms with van der Waals surface area (Å²) in [5.74, 6) is 1.16. The maximum atomic E-state index is 13.8. The quantitative estimate of drug-likeness (QED) is 0.304. The lowest BCUT2D eigenvalue weighted by molar-refractivity contribution is -0.141. The fourth-order valence-electron chi connectivity index (χ4n) is 4.36. The molecule has 0 fully saturated rings. The summed E-state index contributed by atoms with van der Waals surface area (Å²) in [6.07, 6.45) is 1.24. The predicted octanol–water partition coefficient (Wildman–Crippen LogP) is 5.58. The van der Waals surface area contributed by atoms with Crippen LogP contribution in [-0.4, -0.2) is 42.0 Å². The lowest BCUT2D eigenvalue weighted by Crippen LogP contribution is -2.51. The van der Waals surface area contributed by atoms with Gasteiger partial charge < -0.3 is 19.7 Å². The Morgan fingerprint density at radius 1 is 0.789 bits per heavy atom. The zero-order valence-electron chi connectivity index (χ0n) is 23.0. The number of hydrogen-bond acceptors (Lipinski definition) is 4. The fourth-order valence-corrected chi connectivity index (χ4v) is 4.36. The van der Waals surface area contributed by atoms with Gasteiger partial charge in [0.25, 0.3) is 0 Å². The molecule has 2 amide bonds. The molecule has 0 saturated carbocycles. The summed E-state index contributed by atoms with van der Waals surface area (Å²) < 4.78 is 11.4. The molecule has 1 N–H and O–H groups in total. The van der Waals surface area contributed by atoms with E-state index < -0.39 is 6.04 Å². The van der Waals surface area contributed by atoms with Gasteiger partial charge in [-0.05, 0) is 62.9 Å². The van der Waals surface area contributed by atoms with Crippen LogP contribution in [0.3, 0.4) is 0 Å². The van der Waals surface area contributed by atoms with Crippen LogP contribution in [0.1, 0.15) is 50.8 Å². The number of nitrogens with one attached hydrogen (secondary N) is 1. The minimum absolute atomic E-state index is 0.0321. The molecule has 0 saturated heterocycles. The average Bonchev–Trinajstić information content (AvgIpc) is 2.91. The molecule has 0 aliphatic rings. The standard InChI is InChI=1S/C32H40N2O4/c1-5-37-29-19-17-26(22-30(29)38-6-2)18-20-31(35)34(23-27-15-11-8-12-16-27)28(32(36)33-24(3)4)21-25-13-9-7-10-14-25/h7-17,19,22,24,28H,5-6,18,20-21,23H2,1-4H3,(H,33,36). The molecule has 6 heteroatoms. The largest absolute Gasteiger partial charge is 0.490 e. The monoisotopic (exact) mass is 516 g/mol. The van der Waals surface area contributed by atoms with E-state index in [4.69, 9.17) is 9.47 Å². The first-order valence-electron chi connectivity index (χ1n) is 13.5. The van der Waals surface area contributed by atoms with Crippen molar-refractivity contribution in [3.63, 3.8) is 0 Å². The molecule has 1 atom stereocenters. The number of amides is 2. The first kappa shape index (κ1) is 28.8. The average molecular weight is 517 g/mol. The summed E-state index contributed by atoms with van der Waals surface area (Å²) in [4.78, 5) is 29.0. The molecule has 6 nitrogen and oxygen atoms in total. The molecule has 0 aromatic heterocycles. The number of ether oxygens (including phenoxy) is 2. The lowest BCUT2D eigenvalue weighted by Gasteiger charge is -2.32. The normalized spacial score (nSPS) is 11.6. The van der Waals surface area contributed by atoms with E-state index in [2.05, 4.69) is 5.32 Å². The molecule has 0 radical (unpaired) electrons. The molecule has 0 aliphatic heterocycles. The Bertz CT molecular complexity index is 1150. The second kappa shape index (κ2) is 14.8. The Morgan fingerprint density at radius 2 is 1.39 bits per heavy atom. The van der Waals surface area contributed by atoms with Crippen molar-refractivity contribution in [1.29, 1.82) is 0 Å². The molecular formula is C32H40N2O4. The Hall–Kier alpha value is -3.80. The highest BCUT2D eigenvalue weighted by molar-refractivity contribution is 5.88. The molecule has 0 aliphatic carbocycles. The molecule has 1 unspecified atom stereocenters. The van der Waals surface area contributed by atoms with Crippen LogP contribution in [0.4, 0.5) is 0 Å². The van der Waals surface area contributed by atoms with Crippen molar-refractivity contribution in [2.45, 2.75) is 65.6 Å². The van der Waals surface area contributed by atoms with E-state index in [-0.39, 0.29) is 24.3 Å². The third-order valence-corrected chi connectivity index (χ3v) is 6.13. The van der Waals surface area contributed by atoms with E-state index in [1.54, 1.807) is 4.90 Å². The molecule has 0 spiro atoms. The summed E-state index contributed by atoms with van der Waals surface area (Å²) >= 11 is 0. The number of aryl methyl sites for hydroxylation is 1. The van der Waals surface area contributed by atoms with Gasteiger partial charge in [-0.25, -0.2) is 0 Å². The molecule has 3 aromatic rings. The van der Waals surface area contributed by atoms with Crippen molar-refractivity contribution >= 4 is 11.8 Å². The Kier molecular flexibility index (Phi) is 11.2. The molecular weight excluding hydrogens is 476 g/mol. The van der Waals surface area contributed by atoms with Crippen LogP contribution in [-0.2, 0) is 29.0 Å². The van der Waals surface area contributed by atoms with Gasteiger partial charge in [0.1, 0.15) is 6.04 Å². The zero-order chi connectivity index (χ0) is 27.3. The predicted molar refractivity (Wildman–Crippen MR) is 151 cm³/mol. The molecule has 202 valence electrons. The van der Waals surface area contributed by atoms with Gasteiger partial charge in [0.05, 0.1) is 13.2 Å². The van der Waals surface area contributed by atoms with Crippen LogP contribution in [0, 0.1) is 0 Å². The topological polar surface area (TPSA) is 67.9 Å². The number of benzene rings is 3. The molecule has 3 rings (SSSR count). The SMILES string of the molecule is CCOc1ccc(CCC(=O)N(Cc2ccccc2)C(Cc2ccccc2)C(=O)NC(C)C)cc1OCC. The van der Waals surface area contributed by atoms with E-state index in [1.165, 1.54) is 0 Å². The minimum atomic E-state index is -0.633. The molecule has 0 bridgehead atoms. The second-order valence-electron chi connectivity index (χ2n) is 9.52. The summed E-state index contributed by atoms with van der Waals surface area (Å²) in [5, 5.41) is 3.03. The maximum Gasteiger partial charge on any atom is 0.243 e. The van der Waals surface area contributed by atoms with Crippen LogP contribution in [0.25, 0.3) is 0 Å². The Balaban J connectivity index is 1.87. The van der Waals surface area contributed by atoms with E-state index in [1.807, 2.05) is 107 Å². The first-order valence-corrected chi connectivity index (χ1v) is 13.5. The maximum absolute atomic E-state index is 13.8. The third-order valence-electron chi connectivity index (χ3n) is 6.13. The number of carbonyl (C=O) groups is 2. The van der Waals surface area contributed by atoms with Gasteiger partial charge in [0.2, 0.25) is 11.8 Å². The van der Waals surface area contributed by atoms with Gasteiger partial charge in [0, 0.05) is 25.4 Å². The summed E-state index contributed by atoms with van der Waals surface area (Å²) in [6.45, 7) is 9.17. The van der Waals surface area contributed by atoms with Crippen molar-refractivity contribution in [3.8, 4) is 11.5 Å². The van der Waals surface area contributed by atoms with Gasteiger partial charge in [-0.2, -0.15) is 0 Å². The lowest BCUT2D eigenvalue weighted by atomic mass is 10.0. The highest BCUT2D eigenvalue weighted by atomic mass is 16.5.